The molecule has 4 heterocycles. The lowest BCUT2D eigenvalue weighted by Gasteiger charge is -2.43. The topological polar surface area (TPSA) is 71.4 Å². The molecule has 6 nitrogen and oxygen atoms in total. The van der Waals surface area contributed by atoms with Crippen LogP contribution in [0.25, 0.3) is 10.9 Å². The fraction of sp³-hybridized carbons (Fsp3) is 0.400. The van der Waals surface area contributed by atoms with Crippen LogP contribution in [-0.4, -0.2) is 40.5 Å². The Labute approximate surface area is 151 Å². The monoisotopic (exact) mass is 351 g/mol. The minimum Gasteiger partial charge on any atom is -0.448 e. The highest BCUT2D eigenvalue weighted by molar-refractivity contribution is 5.93. The number of aryl methyl sites for hydroxylation is 1. The lowest BCUT2D eigenvalue weighted by Crippen LogP contribution is -2.48. The molecule has 134 valence electrons. The number of hydrogen-bond acceptors (Lipinski definition) is 4. The maximum atomic E-state index is 12.7. The lowest BCUT2D eigenvalue weighted by molar-refractivity contribution is -0.0957. The predicted octanol–water partition coefficient (Wildman–Crippen LogP) is 3.17. The van der Waals surface area contributed by atoms with Crippen molar-refractivity contribution in [1.82, 2.24) is 14.9 Å². The number of aromatic amines is 1. The lowest BCUT2D eigenvalue weighted by atomic mass is 9.83. The largest absolute Gasteiger partial charge is 0.448 e. The summed E-state index contributed by atoms with van der Waals surface area (Å²) in [5.41, 5.74) is 3.84. The summed E-state index contributed by atoms with van der Waals surface area (Å²) in [5, 5.41) is 1.29. The Bertz CT molecular complexity index is 979. The van der Waals surface area contributed by atoms with E-state index in [1.807, 2.05) is 4.90 Å². The first-order chi connectivity index (χ1) is 12.7. The number of carbonyl (C=O) groups excluding carboxylic acids is 1. The molecule has 3 aromatic rings. The number of aromatic nitrogens is 2. The van der Waals surface area contributed by atoms with Gasteiger partial charge in [-0.05, 0) is 37.8 Å². The second-order valence-corrected chi connectivity index (χ2v) is 7.17. The number of fused-ring (bicyclic) bond motifs is 4. The summed E-state index contributed by atoms with van der Waals surface area (Å²) in [6, 6.07) is 8.43. The van der Waals surface area contributed by atoms with E-state index in [0.29, 0.717) is 24.5 Å². The van der Waals surface area contributed by atoms with Crippen LogP contribution >= 0.6 is 0 Å². The Balaban J connectivity index is 1.43. The summed E-state index contributed by atoms with van der Waals surface area (Å²) in [7, 11) is 0. The number of carbonyl (C=O) groups is 1. The molecule has 2 aromatic heterocycles. The van der Waals surface area contributed by atoms with Gasteiger partial charge in [-0.15, -0.1) is 0 Å². The van der Waals surface area contributed by atoms with Gasteiger partial charge in [-0.3, -0.25) is 4.79 Å². The Morgan fingerprint density at radius 3 is 2.85 bits per heavy atom. The van der Waals surface area contributed by atoms with E-state index in [4.69, 9.17) is 9.15 Å². The van der Waals surface area contributed by atoms with Crippen LogP contribution in [0.3, 0.4) is 0 Å². The van der Waals surface area contributed by atoms with E-state index < -0.39 is 0 Å². The maximum absolute atomic E-state index is 12.7. The molecule has 1 spiro atoms. The zero-order valence-electron chi connectivity index (χ0n) is 14.7. The number of amides is 1. The van der Waals surface area contributed by atoms with E-state index in [2.05, 4.69) is 34.2 Å². The molecule has 1 N–H and O–H groups in total. The van der Waals surface area contributed by atoms with Crippen LogP contribution in [0, 0.1) is 6.92 Å². The third-order valence-corrected chi connectivity index (χ3v) is 5.81. The first-order valence-corrected chi connectivity index (χ1v) is 9.11. The number of benzene rings is 1. The first kappa shape index (κ1) is 15.6. The van der Waals surface area contributed by atoms with E-state index >= 15 is 0 Å². The number of ether oxygens (including phenoxy) is 1. The molecule has 5 rings (SSSR count). The van der Waals surface area contributed by atoms with Gasteiger partial charge in [0.2, 0.25) is 0 Å². The highest BCUT2D eigenvalue weighted by Gasteiger charge is 2.43. The second kappa shape index (κ2) is 5.71. The van der Waals surface area contributed by atoms with E-state index in [1.165, 1.54) is 28.6 Å². The van der Waals surface area contributed by atoms with Crippen molar-refractivity contribution >= 4 is 16.8 Å². The van der Waals surface area contributed by atoms with Gasteiger partial charge >= 0.3 is 0 Å². The van der Waals surface area contributed by atoms with Crippen molar-refractivity contribution in [2.75, 3.05) is 19.7 Å². The maximum Gasteiger partial charge on any atom is 0.276 e. The van der Waals surface area contributed by atoms with Gasteiger partial charge in [0.25, 0.3) is 5.91 Å². The molecule has 6 heteroatoms. The summed E-state index contributed by atoms with van der Waals surface area (Å²) in [4.78, 5) is 22.2. The number of rotatable bonds is 1. The molecule has 0 aliphatic carbocycles. The highest BCUT2D eigenvalue weighted by Crippen LogP contribution is 2.43. The van der Waals surface area contributed by atoms with Gasteiger partial charge in [0.15, 0.2) is 12.1 Å². The fourth-order valence-electron chi connectivity index (χ4n) is 4.40. The molecule has 0 unspecified atom stereocenters. The van der Waals surface area contributed by atoms with E-state index in [9.17, 15) is 4.79 Å². The van der Waals surface area contributed by atoms with Crippen LogP contribution in [0.4, 0.5) is 0 Å². The van der Waals surface area contributed by atoms with Crippen molar-refractivity contribution in [2.24, 2.45) is 0 Å². The standard InChI is InChI=1S/C20H21N3O3/c1-13-17(21-12-25-13)19(24)23-9-7-20(8-10-23)18-15(6-11-26-20)14-4-2-3-5-16(14)22-18/h2-5,12,22H,6-11H2,1H3. The second-order valence-electron chi connectivity index (χ2n) is 7.17. The van der Waals surface area contributed by atoms with Crippen molar-refractivity contribution in [3.8, 4) is 0 Å². The molecule has 1 aromatic carbocycles. The molecule has 0 radical (unpaired) electrons. The average Bonchev–Trinajstić information content (AvgIpc) is 3.27. The number of nitrogens with one attached hydrogen (secondary N) is 1. The van der Waals surface area contributed by atoms with Gasteiger partial charge in [0.1, 0.15) is 11.4 Å². The first-order valence-electron chi connectivity index (χ1n) is 9.11. The quantitative estimate of drug-likeness (QED) is 0.731. The van der Waals surface area contributed by atoms with Crippen LogP contribution in [0.1, 0.15) is 40.3 Å². The highest BCUT2D eigenvalue weighted by atomic mass is 16.5. The molecule has 2 aliphatic heterocycles. The van der Waals surface area contributed by atoms with Gasteiger partial charge in [-0.25, -0.2) is 4.98 Å². The third-order valence-electron chi connectivity index (χ3n) is 5.81. The van der Waals surface area contributed by atoms with Crippen molar-refractivity contribution in [3.63, 3.8) is 0 Å². The Kier molecular flexibility index (Phi) is 3.43. The molecular formula is C20H21N3O3. The number of para-hydroxylation sites is 1. The van der Waals surface area contributed by atoms with Crippen molar-refractivity contribution < 1.29 is 13.9 Å². The summed E-state index contributed by atoms with van der Waals surface area (Å²) >= 11 is 0. The van der Waals surface area contributed by atoms with Crippen LogP contribution in [0.2, 0.25) is 0 Å². The summed E-state index contributed by atoms with van der Waals surface area (Å²) in [6.45, 7) is 3.80. The molecule has 1 saturated heterocycles. The van der Waals surface area contributed by atoms with Gasteiger partial charge in [-0.1, -0.05) is 18.2 Å². The average molecular weight is 351 g/mol. The molecule has 26 heavy (non-hydrogen) atoms. The van der Waals surface area contributed by atoms with E-state index in [0.717, 1.165) is 25.9 Å². The number of hydrogen-bond donors (Lipinski definition) is 1. The molecule has 0 saturated carbocycles. The van der Waals surface area contributed by atoms with Gasteiger partial charge < -0.3 is 19.0 Å². The zero-order chi connectivity index (χ0) is 17.7. The van der Waals surface area contributed by atoms with Crippen LogP contribution in [0.15, 0.2) is 35.1 Å². The molecule has 2 aliphatic rings. The van der Waals surface area contributed by atoms with Crippen LogP contribution in [-0.2, 0) is 16.8 Å². The smallest absolute Gasteiger partial charge is 0.276 e. The molecule has 0 atom stereocenters. The molecule has 0 bridgehead atoms. The van der Waals surface area contributed by atoms with Gasteiger partial charge in [0.05, 0.1) is 12.3 Å². The Morgan fingerprint density at radius 2 is 2.08 bits per heavy atom. The molecule has 1 fully saturated rings. The number of oxazole rings is 1. The van der Waals surface area contributed by atoms with Crippen molar-refractivity contribution in [1.29, 1.82) is 0 Å². The SMILES string of the molecule is Cc1ocnc1C(=O)N1CCC2(CC1)OCCc1c2[nH]c2ccccc12. The normalized spacial score (nSPS) is 19.0. The zero-order valence-corrected chi connectivity index (χ0v) is 14.7. The number of likely N-dealkylation sites (tertiary alicyclic amines) is 1. The Morgan fingerprint density at radius 1 is 1.27 bits per heavy atom. The van der Waals surface area contributed by atoms with Crippen LogP contribution in [0.5, 0.6) is 0 Å². The molecular weight excluding hydrogens is 330 g/mol. The van der Waals surface area contributed by atoms with E-state index in [-0.39, 0.29) is 11.5 Å². The van der Waals surface area contributed by atoms with E-state index in [1.54, 1.807) is 6.92 Å². The summed E-state index contributed by atoms with van der Waals surface area (Å²) < 4.78 is 11.5. The molecule has 1 amide bonds. The van der Waals surface area contributed by atoms with Crippen molar-refractivity contribution in [2.45, 2.75) is 31.8 Å². The minimum absolute atomic E-state index is 0.0567. The van der Waals surface area contributed by atoms with Gasteiger partial charge in [-0.2, -0.15) is 0 Å². The number of piperidine rings is 1. The third kappa shape index (κ3) is 2.22. The van der Waals surface area contributed by atoms with Crippen molar-refractivity contribution in [3.05, 3.63) is 53.4 Å². The minimum atomic E-state index is -0.317. The predicted molar refractivity (Wildman–Crippen MR) is 96.0 cm³/mol. The number of H-pyrrole nitrogens is 1. The summed E-state index contributed by atoms with van der Waals surface area (Å²) in [5.74, 6) is 0.515. The van der Waals surface area contributed by atoms with Gasteiger partial charge in [0, 0.05) is 24.0 Å². The van der Waals surface area contributed by atoms with Crippen LogP contribution < -0.4 is 0 Å². The summed E-state index contributed by atoms with van der Waals surface area (Å²) in [6.07, 6.45) is 3.84. The fourth-order valence-corrected chi connectivity index (χ4v) is 4.40. The number of nitrogens with zero attached hydrogens (tertiary/aromatic N) is 2. The Hall–Kier alpha value is -2.60.